The summed E-state index contributed by atoms with van der Waals surface area (Å²) in [6.45, 7) is 5.13. The van der Waals surface area contributed by atoms with Crippen LogP contribution in [0.1, 0.15) is 43.9 Å². The molecule has 1 aromatic rings. The molecular formula is C15H23NOS. The van der Waals surface area contributed by atoms with E-state index in [-0.39, 0.29) is 5.91 Å². The molecule has 3 heteroatoms. The van der Waals surface area contributed by atoms with Crippen LogP contribution in [0.15, 0.2) is 30.3 Å². The van der Waals surface area contributed by atoms with Crippen molar-refractivity contribution in [3.8, 4) is 0 Å². The first-order valence-electron chi connectivity index (χ1n) is 6.67. The average molecular weight is 265 g/mol. The SMILES string of the molecule is CCCCNC(=O)CCSC(C)c1ccccc1. The Hall–Kier alpha value is -0.960. The Labute approximate surface area is 115 Å². The first-order chi connectivity index (χ1) is 8.74. The Morgan fingerprint density at radius 1 is 1.33 bits per heavy atom. The van der Waals surface area contributed by atoms with Crippen LogP contribution in [0.4, 0.5) is 0 Å². The van der Waals surface area contributed by atoms with Gasteiger partial charge in [-0.1, -0.05) is 43.7 Å². The number of carbonyl (C=O) groups is 1. The number of nitrogens with one attached hydrogen (secondary N) is 1. The third-order valence-corrected chi connectivity index (χ3v) is 4.03. The van der Waals surface area contributed by atoms with Crippen molar-refractivity contribution < 1.29 is 4.79 Å². The van der Waals surface area contributed by atoms with Gasteiger partial charge in [-0.05, 0) is 18.9 Å². The second-order valence-corrected chi connectivity index (χ2v) is 5.83. The topological polar surface area (TPSA) is 29.1 Å². The molecule has 1 unspecified atom stereocenters. The first-order valence-corrected chi connectivity index (χ1v) is 7.72. The monoisotopic (exact) mass is 265 g/mol. The fourth-order valence-corrected chi connectivity index (χ4v) is 2.65. The molecule has 1 atom stereocenters. The van der Waals surface area contributed by atoms with Crippen LogP contribution in [0.5, 0.6) is 0 Å². The molecule has 0 heterocycles. The number of unbranched alkanes of at least 4 members (excludes halogenated alkanes) is 1. The van der Waals surface area contributed by atoms with Crippen LogP contribution in [0.2, 0.25) is 0 Å². The molecule has 2 nitrogen and oxygen atoms in total. The second kappa shape index (κ2) is 9.03. The molecule has 0 fully saturated rings. The smallest absolute Gasteiger partial charge is 0.220 e. The Kier molecular flexibility index (Phi) is 7.58. The van der Waals surface area contributed by atoms with Gasteiger partial charge in [0.05, 0.1) is 0 Å². The maximum Gasteiger partial charge on any atom is 0.220 e. The lowest BCUT2D eigenvalue weighted by Crippen LogP contribution is -2.24. The van der Waals surface area contributed by atoms with Crippen molar-refractivity contribution in [2.75, 3.05) is 12.3 Å². The van der Waals surface area contributed by atoms with Crippen molar-refractivity contribution in [1.29, 1.82) is 0 Å². The maximum atomic E-state index is 11.5. The number of thioether (sulfide) groups is 1. The van der Waals surface area contributed by atoms with Gasteiger partial charge in [-0.2, -0.15) is 11.8 Å². The lowest BCUT2D eigenvalue weighted by Gasteiger charge is -2.11. The van der Waals surface area contributed by atoms with E-state index in [0.717, 1.165) is 25.1 Å². The molecule has 0 aliphatic rings. The number of hydrogen-bond donors (Lipinski definition) is 1. The molecule has 0 aliphatic heterocycles. The van der Waals surface area contributed by atoms with Crippen LogP contribution in [0, 0.1) is 0 Å². The van der Waals surface area contributed by atoms with Gasteiger partial charge in [0.15, 0.2) is 0 Å². The summed E-state index contributed by atoms with van der Waals surface area (Å²) in [4.78, 5) is 11.5. The van der Waals surface area contributed by atoms with Crippen molar-refractivity contribution in [3.63, 3.8) is 0 Å². The van der Waals surface area contributed by atoms with Gasteiger partial charge in [0.2, 0.25) is 5.91 Å². The molecule has 1 rings (SSSR count). The summed E-state index contributed by atoms with van der Waals surface area (Å²) in [5, 5.41) is 3.40. The molecular weight excluding hydrogens is 242 g/mol. The minimum Gasteiger partial charge on any atom is -0.356 e. The number of benzene rings is 1. The molecule has 0 bridgehead atoms. The summed E-state index contributed by atoms with van der Waals surface area (Å²) in [7, 11) is 0. The molecule has 0 aromatic heterocycles. The third-order valence-electron chi connectivity index (χ3n) is 2.82. The van der Waals surface area contributed by atoms with Crippen molar-refractivity contribution >= 4 is 17.7 Å². The minimum atomic E-state index is 0.177. The Bertz CT molecular complexity index is 340. The summed E-state index contributed by atoms with van der Waals surface area (Å²) >= 11 is 1.84. The standard InChI is InChI=1S/C15H23NOS/c1-3-4-11-16-15(17)10-12-18-13(2)14-8-6-5-7-9-14/h5-9,13H,3-4,10-12H2,1-2H3,(H,16,17). The highest BCUT2D eigenvalue weighted by Crippen LogP contribution is 2.27. The van der Waals surface area contributed by atoms with Gasteiger partial charge >= 0.3 is 0 Å². The van der Waals surface area contributed by atoms with Gasteiger partial charge in [-0.3, -0.25) is 4.79 Å². The van der Waals surface area contributed by atoms with Crippen LogP contribution in [0.3, 0.4) is 0 Å². The highest BCUT2D eigenvalue weighted by atomic mass is 32.2. The summed E-state index contributed by atoms with van der Waals surface area (Å²) in [6.07, 6.45) is 2.81. The van der Waals surface area contributed by atoms with Gasteiger partial charge in [-0.25, -0.2) is 0 Å². The maximum absolute atomic E-state index is 11.5. The Morgan fingerprint density at radius 3 is 2.72 bits per heavy atom. The highest BCUT2D eigenvalue weighted by Gasteiger charge is 2.06. The lowest BCUT2D eigenvalue weighted by atomic mass is 10.2. The molecule has 18 heavy (non-hydrogen) atoms. The number of carbonyl (C=O) groups excluding carboxylic acids is 1. The molecule has 0 radical (unpaired) electrons. The largest absolute Gasteiger partial charge is 0.356 e. The fraction of sp³-hybridized carbons (Fsp3) is 0.533. The summed E-state index contributed by atoms with van der Waals surface area (Å²) in [5.41, 5.74) is 1.33. The van der Waals surface area contributed by atoms with E-state index >= 15 is 0 Å². The number of hydrogen-bond acceptors (Lipinski definition) is 2. The molecule has 0 aliphatic carbocycles. The van der Waals surface area contributed by atoms with Crippen molar-refractivity contribution in [2.45, 2.75) is 38.4 Å². The normalized spacial score (nSPS) is 12.1. The van der Waals surface area contributed by atoms with E-state index in [0.29, 0.717) is 11.7 Å². The molecule has 0 saturated heterocycles. The van der Waals surface area contributed by atoms with Gasteiger partial charge in [0.1, 0.15) is 0 Å². The number of rotatable bonds is 8. The van der Waals surface area contributed by atoms with E-state index in [1.165, 1.54) is 5.56 Å². The second-order valence-electron chi connectivity index (χ2n) is 4.38. The van der Waals surface area contributed by atoms with E-state index in [1.807, 2.05) is 17.8 Å². The molecule has 0 spiro atoms. The van der Waals surface area contributed by atoms with Crippen molar-refractivity contribution in [1.82, 2.24) is 5.32 Å². The van der Waals surface area contributed by atoms with Crippen LogP contribution >= 0.6 is 11.8 Å². The van der Waals surface area contributed by atoms with Crippen LogP contribution in [-0.4, -0.2) is 18.2 Å². The van der Waals surface area contributed by atoms with Crippen molar-refractivity contribution in [2.24, 2.45) is 0 Å². The Balaban J connectivity index is 2.16. The minimum absolute atomic E-state index is 0.177. The predicted octanol–water partition coefficient (Wildman–Crippen LogP) is 3.79. The Morgan fingerprint density at radius 2 is 2.06 bits per heavy atom. The molecule has 1 amide bonds. The average Bonchev–Trinajstić information content (AvgIpc) is 2.40. The van der Waals surface area contributed by atoms with Gasteiger partial charge in [0.25, 0.3) is 0 Å². The molecule has 1 aromatic carbocycles. The zero-order chi connectivity index (χ0) is 13.2. The fourth-order valence-electron chi connectivity index (χ4n) is 1.64. The first kappa shape index (κ1) is 15.1. The van der Waals surface area contributed by atoms with Crippen LogP contribution in [-0.2, 0) is 4.79 Å². The van der Waals surface area contributed by atoms with Crippen LogP contribution < -0.4 is 5.32 Å². The molecule has 0 saturated carbocycles. The van der Waals surface area contributed by atoms with Gasteiger partial charge in [0, 0.05) is 24.0 Å². The summed E-state index contributed by atoms with van der Waals surface area (Å²) in [5.74, 6) is 1.06. The number of amides is 1. The van der Waals surface area contributed by atoms with E-state index < -0.39 is 0 Å². The zero-order valence-corrected chi connectivity index (χ0v) is 12.1. The van der Waals surface area contributed by atoms with Crippen LogP contribution in [0.25, 0.3) is 0 Å². The van der Waals surface area contributed by atoms with E-state index in [1.54, 1.807) is 0 Å². The van der Waals surface area contributed by atoms with Gasteiger partial charge < -0.3 is 5.32 Å². The quantitative estimate of drug-likeness (QED) is 0.725. The predicted molar refractivity (Wildman–Crippen MR) is 79.8 cm³/mol. The zero-order valence-electron chi connectivity index (χ0n) is 11.3. The van der Waals surface area contributed by atoms with Gasteiger partial charge in [-0.15, -0.1) is 0 Å². The van der Waals surface area contributed by atoms with E-state index in [9.17, 15) is 4.79 Å². The summed E-state index contributed by atoms with van der Waals surface area (Å²) < 4.78 is 0. The third kappa shape index (κ3) is 6.10. The van der Waals surface area contributed by atoms with E-state index in [2.05, 4.69) is 43.4 Å². The van der Waals surface area contributed by atoms with E-state index in [4.69, 9.17) is 0 Å². The molecule has 1 N–H and O–H groups in total. The summed E-state index contributed by atoms with van der Waals surface area (Å²) in [6, 6.07) is 10.4. The highest BCUT2D eigenvalue weighted by molar-refractivity contribution is 7.99. The van der Waals surface area contributed by atoms with Crippen molar-refractivity contribution in [3.05, 3.63) is 35.9 Å². The molecule has 100 valence electrons. The lowest BCUT2D eigenvalue weighted by molar-refractivity contribution is -0.120.